The van der Waals surface area contributed by atoms with Gasteiger partial charge in [0.2, 0.25) is 15.2 Å². The van der Waals surface area contributed by atoms with Crippen molar-refractivity contribution in [1.82, 2.24) is 15.1 Å². The molecule has 1 fully saturated rings. The molecule has 1 heterocycles. The van der Waals surface area contributed by atoms with Crippen LogP contribution in [0.5, 0.6) is 0 Å². The van der Waals surface area contributed by atoms with Crippen LogP contribution in [-0.4, -0.2) is 67.5 Å². The Morgan fingerprint density at radius 2 is 1.31 bits per heavy atom. The van der Waals surface area contributed by atoms with Gasteiger partial charge in [-0.25, -0.2) is 8.42 Å². The van der Waals surface area contributed by atoms with E-state index in [2.05, 4.69) is 5.32 Å². The molecule has 1 saturated heterocycles. The van der Waals surface area contributed by atoms with Crippen LogP contribution < -0.4 is 5.32 Å². The van der Waals surface area contributed by atoms with Gasteiger partial charge in [-0.1, -0.05) is 54.1 Å². The Labute approximate surface area is 210 Å². The number of carbonyl (C=O) groups excluding carboxylic acids is 3. The summed E-state index contributed by atoms with van der Waals surface area (Å²) < 4.78 is 27.0. The van der Waals surface area contributed by atoms with Crippen molar-refractivity contribution in [3.63, 3.8) is 0 Å². The van der Waals surface area contributed by atoms with Crippen molar-refractivity contribution in [1.29, 1.82) is 0 Å². The lowest BCUT2D eigenvalue weighted by Crippen LogP contribution is -2.57. The highest BCUT2D eigenvalue weighted by Gasteiger charge is 2.39. The second-order valence-corrected chi connectivity index (χ2v) is 10.6. The van der Waals surface area contributed by atoms with E-state index in [4.69, 9.17) is 0 Å². The van der Waals surface area contributed by atoms with Crippen molar-refractivity contribution < 1.29 is 22.8 Å². The van der Waals surface area contributed by atoms with Gasteiger partial charge in [0.15, 0.2) is 0 Å². The molecule has 0 radical (unpaired) electrons. The van der Waals surface area contributed by atoms with Crippen LogP contribution in [0.2, 0.25) is 0 Å². The molecule has 186 valence electrons. The van der Waals surface area contributed by atoms with Crippen LogP contribution in [0.4, 0.5) is 0 Å². The molecule has 1 aliphatic heterocycles. The van der Waals surface area contributed by atoms with Crippen molar-refractivity contribution in [3.05, 3.63) is 102 Å². The predicted octanol–water partition coefficient (Wildman–Crippen LogP) is 2.51. The van der Waals surface area contributed by atoms with Crippen LogP contribution >= 0.6 is 0 Å². The summed E-state index contributed by atoms with van der Waals surface area (Å²) >= 11 is 0. The largest absolute Gasteiger partial charge is 0.336 e. The van der Waals surface area contributed by atoms with E-state index < -0.39 is 27.0 Å². The first-order valence-electron chi connectivity index (χ1n) is 11.6. The first-order chi connectivity index (χ1) is 17.3. The average molecular weight is 506 g/mol. The highest BCUT2D eigenvalue weighted by Crippen LogP contribution is 2.19. The first-order valence-corrected chi connectivity index (χ1v) is 13.1. The maximum absolute atomic E-state index is 13.5. The SMILES string of the molecule is Cc1cccc(C(=O)N[C@@H](C(=O)N2CCN(C(=O)c3ccccc3)CC2)S(=O)(=O)c2ccccc2)c1. The molecule has 0 aromatic heterocycles. The summed E-state index contributed by atoms with van der Waals surface area (Å²) in [6.45, 7) is 2.63. The molecule has 4 rings (SSSR count). The fourth-order valence-corrected chi connectivity index (χ4v) is 5.55. The fraction of sp³-hybridized carbons (Fsp3) is 0.222. The normalized spacial score (nSPS) is 14.7. The van der Waals surface area contributed by atoms with Crippen molar-refractivity contribution in [3.8, 4) is 0 Å². The van der Waals surface area contributed by atoms with Gasteiger partial charge < -0.3 is 15.1 Å². The molecule has 3 aromatic rings. The van der Waals surface area contributed by atoms with Crippen LogP contribution in [0.25, 0.3) is 0 Å². The van der Waals surface area contributed by atoms with Crippen molar-refractivity contribution >= 4 is 27.6 Å². The molecule has 1 N–H and O–H groups in total. The quantitative estimate of drug-likeness (QED) is 0.555. The number of hydrogen-bond acceptors (Lipinski definition) is 5. The Morgan fingerprint density at radius 1 is 0.750 bits per heavy atom. The van der Waals surface area contributed by atoms with Gasteiger partial charge in [0, 0.05) is 37.3 Å². The molecule has 3 aromatic carbocycles. The Kier molecular flexibility index (Phi) is 7.49. The standard InChI is InChI=1S/C27H27N3O5S/c1-20-9-8-12-22(19-20)24(31)28-25(36(34,35)23-13-6-3-7-14-23)27(33)30-17-15-29(16-18-30)26(32)21-10-4-2-5-11-21/h2-14,19,25H,15-18H2,1H3,(H,28,31)/t25-/m1/s1. The van der Waals surface area contributed by atoms with Gasteiger partial charge in [-0.2, -0.15) is 0 Å². The summed E-state index contributed by atoms with van der Waals surface area (Å²) in [7, 11) is -4.24. The lowest BCUT2D eigenvalue weighted by atomic mass is 10.1. The molecule has 0 aliphatic carbocycles. The number of amides is 3. The number of nitrogens with one attached hydrogen (secondary N) is 1. The second-order valence-electron chi connectivity index (χ2n) is 8.56. The summed E-state index contributed by atoms with van der Waals surface area (Å²) in [5.41, 5.74) is 1.64. The zero-order valence-electron chi connectivity index (χ0n) is 19.8. The fourth-order valence-electron chi connectivity index (χ4n) is 4.07. The Hall–Kier alpha value is -3.98. The van der Waals surface area contributed by atoms with Crippen LogP contribution in [0, 0.1) is 6.92 Å². The van der Waals surface area contributed by atoms with Crippen molar-refractivity contribution in [2.45, 2.75) is 17.2 Å². The molecule has 1 aliphatic rings. The van der Waals surface area contributed by atoms with Gasteiger partial charge in [-0.05, 0) is 43.3 Å². The van der Waals surface area contributed by atoms with Gasteiger partial charge in [0.25, 0.3) is 17.7 Å². The summed E-state index contributed by atoms with van der Waals surface area (Å²) in [6, 6.07) is 23.1. The van der Waals surface area contributed by atoms with Gasteiger partial charge in [0.05, 0.1) is 4.90 Å². The van der Waals surface area contributed by atoms with E-state index in [0.717, 1.165) is 5.56 Å². The molecule has 9 heteroatoms. The number of rotatable bonds is 6. The third kappa shape index (κ3) is 5.46. The van der Waals surface area contributed by atoms with Crippen LogP contribution in [-0.2, 0) is 14.6 Å². The molecule has 0 spiro atoms. The number of benzene rings is 3. The van der Waals surface area contributed by atoms with Crippen LogP contribution in [0.15, 0.2) is 89.8 Å². The van der Waals surface area contributed by atoms with E-state index in [9.17, 15) is 22.8 Å². The first kappa shape index (κ1) is 25.1. The van der Waals surface area contributed by atoms with E-state index in [1.807, 2.05) is 19.1 Å². The summed E-state index contributed by atoms with van der Waals surface area (Å²) in [4.78, 5) is 42.2. The smallest absolute Gasteiger partial charge is 0.261 e. The number of nitrogens with zero attached hydrogens (tertiary/aromatic N) is 2. The monoisotopic (exact) mass is 505 g/mol. The maximum atomic E-state index is 13.5. The molecule has 8 nitrogen and oxygen atoms in total. The third-order valence-corrected chi connectivity index (χ3v) is 7.92. The van der Waals surface area contributed by atoms with Crippen LogP contribution in [0.3, 0.4) is 0 Å². The zero-order chi connectivity index (χ0) is 25.7. The Balaban J connectivity index is 1.55. The Morgan fingerprint density at radius 3 is 1.92 bits per heavy atom. The number of sulfone groups is 1. The highest BCUT2D eigenvalue weighted by atomic mass is 32.2. The minimum atomic E-state index is -4.24. The lowest BCUT2D eigenvalue weighted by Gasteiger charge is -2.36. The summed E-state index contributed by atoms with van der Waals surface area (Å²) in [6.07, 6.45) is 0. The zero-order valence-corrected chi connectivity index (χ0v) is 20.6. The van der Waals surface area contributed by atoms with Crippen LogP contribution in [0.1, 0.15) is 26.3 Å². The average Bonchev–Trinajstić information content (AvgIpc) is 2.91. The minimum Gasteiger partial charge on any atom is -0.336 e. The summed E-state index contributed by atoms with van der Waals surface area (Å²) in [5.74, 6) is -1.54. The van der Waals surface area contributed by atoms with E-state index in [0.29, 0.717) is 5.56 Å². The second kappa shape index (κ2) is 10.7. The number of carbonyl (C=O) groups is 3. The minimum absolute atomic E-state index is 0.0641. The molecular formula is C27H27N3O5S. The van der Waals surface area contributed by atoms with Gasteiger partial charge >= 0.3 is 0 Å². The van der Waals surface area contributed by atoms with Gasteiger partial charge in [-0.3, -0.25) is 14.4 Å². The van der Waals surface area contributed by atoms with E-state index >= 15 is 0 Å². The van der Waals surface area contributed by atoms with E-state index in [1.165, 1.54) is 17.0 Å². The van der Waals surface area contributed by atoms with E-state index in [-0.39, 0.29) is 42.5 Å². The maximum Gasteiger partial charge on any atom is 0.261 e. The Bertz CT molecular complexity index is 1350. The van der Waals surface area contributed by atoms with Crippen molar-refractivity contribution in [2.75, 3.05) is 26.2 Å². The molecule has 36 heavy (non-hydrogen) atoms. The highest BCUT2D eigenvalue weighted by molar-refractivity contribution is 7.92. The third-order valence-electron chi connectivity index (χ3n) is 6.05. The molecule has 0 saturated carbocycles. The molecule has 0 bridgehead atoms. The van der Waals surface area contributed by atoms with E-state index in [1.54, 1.807) is 65.6 Å². The topological polar surface area (TPSA) is 104 Å². The van der Waals surface area contributed by atoms with Crippen molar-refractivity contribution in [2.24, 2.45) is 0 Å². The lowest BCUT2D eigenvalue weighted by molar-refractivity contribution is -0.132. The molecule has 3 amide bonds. The number of aryl methyl sites for hydroxylation is 1. The summed E-state index contributed by atoms with van der Waals surface area (Å²) in [5, 5.41) is 0.656. The predicted molar refractivity (Wildman–Crippen MR) is 135 cm³/mol. The number of hydrogen-bond donors (Lipinski definition) is 1. The molecule has 0 unspecified atom stereocenters. The van der Waals surface area contributed by atoms with Gasteiger partial charge in [-0.15, -0.1) is 0 Å². The van der Waals surface area contributed by atoms with Gasteiger partial charge in [0.1, 0.15) is 0 Å². The number of piperazine rings is 1. The molecular weight excluding hydrogens is 478 g/mol. The molecule has 1 atom stereocenters.